The van der Waals surface area contributed by atoms with Gasteiger partial charge in [0.05, 0.1) is 4.88 Å². The van der Waals surface area contributed by atoms with E-state index in [9.17, 15) is 14.4 Å². The molecule has 1 N–H and O–H groups in total. The lowest BCUT2D eigenvalue weighted by Crippen LogP contribution is -2.51. The Bertz CT molecular complexity index is 754. The lowest BCUT2D eigenvalue weighted by Gasteiger charge is -2.35. The second kappa shape index (κ2) is 8.62. The average Bonchev–Trinajstić information content (AvgIpc) is 3.23. The molecule has 1 aliphatic rings. The number of hydrogen-bond donors (Lipinski definition) is 1. The lowest BCUT2D eigenvalue weighted by molar-refractivity contribution is -0.132. The first-order valence-electron chi connectivity index (χ1n) is 8.59. The Hall–Kier alpha value is -2.67. The first-order valence-corrected chi connectivity index (χ1v) is 9.47. The number of amides is 3. The van der Waals surface area contributed by atoms with Crippen LogP contribution >= 0.6 is 11.3 Å². The van der Waals surface area contributed by atoms with Gasteiger partial charge in [0, 0.05) is 44.7 Å². The van der Waals surface area contributed by atoms with Gasteiger partial charge in [-0.1, -0.05) is 24.3 Å². The highest BCUT2D eigenvalue weighted by molar-refractivity contribution is 7.12. The monoisotopic (exact) mass is 371 g/mol. The van der Waals surface area contributed by atoms with E-state index in [0.717, 1.165) is 0 Å². The van der Waals surface area contributed by atoms with Gasteiger partial charge in [-0.3, -0.25) is 14.4 Å². The van der Waals surface area contributed by atoms with Crippen molar-refractivity contribution >= 4 is 29.1 Å². The van der Waals surface area contributed by atoms with E-state index in [1.807, 2.05) is 29.6 Å². The fourth-order valence-corrected chi connectivity index (χ4v) is 3.50. The molecule has 0 aliphatic carbocycles. The van der Waals surface area contributed by atoms with Gasteiger partial charge < -0.3 is 15.1 Å². The van der Waals surface area contributed by atoms with Gasteiger partial charge in [0.15, 0.2) is 0 Å². The summed E-state index contributed by atoms with van der Waals surface area (Å²) < 4.78 is 0. The van der Waals surface area contributed by atoms with Crippen LogP contribution in [-0.4, -0.2) is 60.2 Å². The van der Waals surface area contributed by atoms with Gasteiger partial charge in [-0.25, -0.2) is 0 Å². The van der Waals surface area contributed by atoms with Gasteiger partial charge >= 0.3 is 0 Å². The second-order valence-corrected chi connectivity index (χ2v) is 6.97. The molecule has 6 nitrogen and oxygen atoms in total. The number of nitrogens with zero attached hydrogens (tertiary/aromatic N) is 2. The number of nitrogens with one attached hydrogen (secondary N) is 1. The Morgan fingerprint density at radius 2 is 1.62 bits per heavy atom. The third kappa shape index (κ3) is 4.49. The van der Waals surface area contributed by atoms with Crippen LogP contribution in [0.5, 0.6) is 0 Å². The Morgan fingerprint density at radius 1 is 0.923 bits per heavy atom. The highest BCUT2D eigenvalue weighted by Crippen LogP contribution is 2.10. The molecule has 0 bridgehead atoms. The molecular weight excluding hydrogens is 350 g/mol. The molecule has 0 saturated carbocycles. The van der Waals surface area contributed by atoms with Crippen molar-refractivity contribution in [2.75, 3.05) is 32.7 Å². The van der Waals surface area contributed by atoms with Crippen molar-refractivity contribution in [2.45, 2.75) is 6.42 Å². The molecule has 1 fully saturated rings. The minimum atomic E-state index is -0.147. The molecule has 2 heterocycles. The quantitative estimate of drug-likeness (QED) is 0.872. The molecule has 3 rings (SSSR count). The molecule has 1 aromatic heterocycles. The summed E-state index contributed by atoms with van der Waals surface area (Å²) in [7, 11) is 0. The molecule has 0 unspecified atom stereocenters. The highest BCUT2D eigenvalue weighted by atomic mass is 32.1. The molecule has 0 radical (unpaired) electrons. The zero-order valence-corrected chi connectivity index (χ0v) is 15.2. The van der Waals surface area contributed by atoms with Crippen LogP contribution in [0.25, 0.3) is 0 Å². The summed E-state index contributed by atoms with van der Waals surface area (Å²) in [5.74, 6) is -0.143. The normalized spacial score (nSPS) is 14.2. The average molecular weight is 371 g/mol. The SMILES string of the molecule is O=C(NCCC(=O)N1CCN(C(=O)c2ccccc2)CC1)c1cccs1. The number of carbonyl (C=O) groups is 3. The van der Waals surface area contributed by atoms with Crippen LogP contribution in [0.4, 0.5) is 0 Å². The topological polar surface area (TPSA) is 69.7 Å². The Kier molecular flexibility index (Phi) is 6.01. The summed E-state index contributed by atoms with van der Waals surface area (Å²) in [6.07, 6.45) is 0.268. The van der Waals surface area contributed by atoms with Crippen molar-refractivity contribution in [3.8, 4) is 0 Å². The van der Waals surface area contributed by atoms with Gasteiger partial charge in [0.1, 0.15) is 0 Å². The minimum absolute atomic E-state index is 0.000843. The van der Waals surface area contributed by atoms with E-state index in [1.165, 1.54) is 11.3 Å². The van der Waals surface area contributed by atoms with Crippen LogP contribution in [0.3, 0.4) is 0 Å². The lowest BCUT2D eigenvalue weighted by atomic mass is 10.2. The zero-order chi connectivity index (χ0) is 18.4. The molecule has 3 amide bonds. The van der Waals surface area contributed by atoms with Crippen molar-refractivity contribution < 1.29 is 14.4 Å². The molecule has 26 heavy (non-hydrogen) atoms. The Morgan fingerprint density at radius 3 is 2.27 bits per heavy atom. The van der Waals surface area contributed by atoms with E-state index in [4.69, 9.17) is 0 Å². The van der Waals surface area contributed by atoms with Crippen molar-refractivity contribution in [1.29, 1.82) is 0 Å². The Labute approximate surface area is 156 Å². The fraction of sp³-hybridized carbons (Fsp3) is 0.316. The maximum absolute atomic E-state index is 12.4. The smallest absolute Gasteiger partial charge is 0.261 e. The maximum atomic E-state index is 12.4. The Balaban J connectivity index is 1.41. The van der Waals surface area contributed by atoms with Crippen molar-refractivity contribution in [2.24, 2.45) is 0 Å². The third-order valence-corrected chi connectivity index (χ3v) is 5.18. The largest absolute Gasteiger partial charge is 0.351 e. The summed E-state index contributed by atoms with van der Waals surface area (Å²) in [4.78, 5) is 40.7. The molecule has 1 aliphatic heterocycles. The molecule has 7 heteroatoms. The van der Waals surface area contributed by atoms with E-state index in [0.29, 0.717) is 43.2 Å². The van der Waals surface area contributed by atoms with Gasteiger partial charge in [0.2, 0.25) is 5.91 Å². The number of rotatable bonds is 5. The van der Waals surface area contributed by atoms with Crippen molar-refractivity contribution in [1.82, 2.24) is 15.1 Å². The number of thiophene rings is 1. The summed E-state index contributed by atoms with van der Waals surface area (Å²) >= 11 is 1.37. The summed E-state index contributed by atoms with van der Waals surface area (Å²) in [6.45, 7) is 2.42. The van der Waals surface area contributed by atoms with Gasteiger partial charge in [-0.15, -0.1) is 11.3 Å². The number of benzene rings is 1. The van der Waals surface area contributed by atoms with Crippen LogP contribution in [0.1, 0.15) is 26.5 Å². The van der Waals surface area contributed by atoms with Gasteiger partial charge in [0.25, 0.3) is 11.8 Å². The van der Waals surface area contributed by atoms with Crippen molar-refractivity contribution in [3.05, 3.63) is 58.3 Å². The predicted molar refractivity (Wildman–Crippen MR) is 100 cm³/mol. The standard InChI is InChI=1S/C19H21N3O3S/c23-17(8-9-20-18(24)16-7-4-14-26-16)21-10-12-22(13-11-21)19(25)15-5-2-1-3-6-15/h1-7,14H,8-13H2,(H,20,24). The van der Waals surface area contributed by atoms with Gasteiger partial charge in [-0.2, -0.15) is 0 Å². The maximum Gasteiger partial charge on any atom is 0.261 e. The van der Waals surface area contributed by atoms with E-state index in [1.54, 1.807) is 28.0 Å². The molecule has 136 valence electrons. The van der Waals surface area contributed by atoms with Crippen molar-refractivity contribution in [3.63, 3.8) is 0 Å². The van der Waals surface area contributed by atoms with E-state index >= 15 is 0 Å². The third-order valence-electron chi connectivity index (χ3n) is 4.31. The predicted octanol–water partition coefficient (Wildman–Crippen LogP) is 1.85. The first kappa shape index (κ1) is 18.1. The number of piperazine rings is 1. The molecule has 0 atom stereocenters. The zero-order valence-electron chi connectivity index (χ0n) is 14.4. The molecule has 2 aromatic rings. The van der Waals surface area contributed by atoms with Gasteiger partial charge in [-0.05, 0) is 23.6 Å². The molecule has 1 saturated heterocycles. The minimum Gasteiger partial charge on any atom is -0.351 e. The number of hydrogen-bond acceptors (Lipinski definition) is 4. The molecule has 1 aromatic carbocycles. The fourth-order valence-electron chi connectivity index (χ4n) is 2.86. The van der Waals surface area contributed by atoms with Crippen LogP contribution in [0, 0.1) is 0 Å². The van der Waals surface area contributed by atoms with E-state index in [2.05, 4.69) is 5.32 Å². The first-order chi connectivity index (χ1) is 12.6. The number of carbonyl (C=O) groups excluding carboxylic acids is 3. The van der Waals surface area contributed by atoms with Crippen LogP contribution < -0.4 is 5.32 Å². The van der Waals surface area contributed by atoms with Crippen LogP contribution in [0.2, 0.25) is 0 Å². The summed E-state index contributed by atoms with van der Waals surface area (Å²) in [5, 5.41) is 4.61. The van der Waals surface area contributed by atoms with E-state index < -0.39 is 0 Å². The van der Waals surface area contributed by atoms with Crippen LogP contribution in [0.15, 0.2) is 47.8 Å². The molecular formula is C19H21N3O3S. The second-order valence-electron chi connectivity index (χ2n) is 6.02. The summed E-state index contributed by atoms with van der Waals surface area (Å²) in [6, 6.07) is 12.7. The van der Waals surface area contributed by atoms with Crippen LogP contribution in [-0.2, 0) is 4.79 Å². The highest BCUT2D eigenvalue weighted by Gasteiger charge is 2.24. The molecule has 0 spiro atoms. The summed E-state index contributed by atoms with van der Waals surface area (Å²) in [5.41, 5.74) is 0.670. The van der Waals surface area contributed by atoms with E-state index in [-0.39, 0.29) is 24.1 Å².